The second kappa shape index (κ2) is 5.54. The van der Waals surface area contributed by atoms with E-state index in [0.717, 1.165) is 35.9 Å². The number of carbonyl (C=O) groups excluding carboxylic acids is 1. The second-order valence-corrected chi connectivity index (χ2v) is 5.15. The van der Waals surface area contributed by atoms with Crippen LogP contribution in [0.15, 0.2) is 10.1 Å². The monoisotopic (exact) mass is 259 g/mol. The van der Waals surface area contributed by atoms with Gasteiger partial charge in [-0.3, -0.25) is 4.79 Å². The third-order valence-corrected chi connectivity index (χ3v) is 3.22. The van der Waals surface area contributed by atoms with Gasteiger partial charge in [0.2, 0.25) is 5.91 Å². The molecule has 0 radical (unpaired) electrons. The first-order valence-electron chi connectivity index (χ1n) is 5.27. The van der Waals surface area contributed by atoms with Crippen LogP contribution in [0.3, 0.4) is 0 Å². The molecular weight excluding hydrogens is 242 g/mol. The molecule has 1 rings (SSSR count). The van der Waals surface area contributed by atoms with Crippen molar-refractivity contribution in [2.75, 3.05) is 6.54 Å². The highest BCUT2D eigenvalue weighted by Gasteiger charge is 2.17. The van der Waals surface area contributed by atoms with Crippen LogP contribution in [0.25, 0.3) is 0 Å². The number of halogens is 1. The van der Waals surface area contributed by atoms with Crippen molar-refractivity contribution in [1.82, 2.24) is 5.32 Å². The van der Waals surface area contributed by atoms with Gasteiger partial charge in [0.05, 0.1) is 0 Å². The van der Waals surface area contributed by atoms with Gasteiger partial charge in [0.1, 0.15) is 0 Å². The van der Waals surface area contributed by atoms with Crippen molar-refractivity contribution in [2.24, 2.45) is 5.92 Å². The number of rotatable bonds is 3. The Balaban J connectivity index is 2.50. The molecule has 0 bridgehead atoms. The standard InChI is InChI=1S/C11H18BrNO/c1-8(2)7-13-11(14)9-5-3-4-6-10(9)12/h8H,3-7H2,1-2H3,(H,13,14). The molecule has 14 heavy (non-hydrogen) atoms. The van der Waals surface area contributed by atoms with E-state index in [1.807, 2.05) is 0 Å². The van der Waals surface area contributed by atoms with Crippen molar-refractivity contribution >= 4 is 21.8 Å². The molecule has 80 valence electrons. The molecule has 0 aromatic rings. The molecule has 0 aromatic carbocycles. The summed E-state index contributed by atoms with van der Waals surface area (Å²) in [5.74, 6) is 0.632. The number of hydrogen-bond donors (Lipinski definition) is 1. The van der Waals surface area contributed by atoms with Crippen molar-refractivity contribution in [3.05, 3.63) is 10.1 Å². The molecule has 1 amide bonds. The lowest BCUT2D eigenvalue weighted by molar-refractivity contribution is -0.117. The highest BCUT2D eigenvalue weighted by atomic mass is 79.9. The van der Waals surface area contributed by atoms with Gasteiger partial charge < -0.3 is 5.32 Å². The predicted molar refractivity (Wildman–Crippen MR) is 62.3 cm³/mol. The SMILES string of the molecule is CC(C)CNC(=O)C1=C(Br)CCCC1. The number of carbonyl (C=O) groups is 1. The van der Waals surface area contributed by atoms with Crippen molar-refractivity contribution in [1.29, 1.82) is 0 Å². The van der Waals surface area contributed by atoms with Gasteiger partial charge in [-0.15, -0.1) is 0 Å². The van der Waals surface area contributed by atoms with E-state index in [1.54, 1.807) is 0 Å². The van der Waals surface area contributed by atoms with Crippen LogP contribution in [0, 0.1) is 5.92 Å². The number of allylic oxidation sites excluding steroid dienone is 1. The minimum absolute atomic E-state index is 0.116. The molecule has 0 fully saturated rings. The molecule has 0 unspecified atom stereocenters. The largest absolute Gasteiger partial charge is 0.352 e. The molecule has 1 aliphatic rings. The lowest BCUT2D eigenvalue weighted by Gasteiger charge is -2.16. The smallest absolute Gasteiger partial charge is 0.248 e. The Labute approximate surface area is 94.3 Å². The molecule has 1 aliphatic carbocycles. The van der Waals surface area contributed by atoms with Crippen molar-refractivity contribution in [2.45, 2.75) is 39.5 Å². The van der Waals surface area contributed by atoms with E-state index < -0.39 is 0 Å². The van der Waals surface area contributed by atoms with Crippen LogP contribution in [0.2, 0.25) is 0 Å². The third kappa shape index (κ3) is 3.45. The van der Waals surface area contributed by atoms with Crippen LogP contribution in [-0.4, -0.2) is 12.5 Å². The molecule has 0 aromatic heterocycles. The van der Waals surface area contributed by atoms with E-state index in [2.05, 4.69) is 35.1 Å². The molecule has 0 spiro atoms. The maximum Gasteiger partial charge on any atom is 0.248 e. The first kappa shape index (κ1) is 11.8. The van der Waals surface area contributed by atoms with Gasteiger partial charge in [-0.2, -0.15) is 0 Å². The molecule has 0 saturated heterocycles. The summed E-state index contributed by atoms with van der Waals surface area (Å²) < 4.78 is 1.10. The summed E-state index contributed by atoms with van der Waals surface area (Å²) in [4.78, 5) is 11.7. The Kier molecular flexibility index (Phi) is 4.66. The van der Waals surface area contributed by atoms with E-state index in [9.17, 15) is 4.79 Å². The molecule has 3 heteroatoms. The average Bonchev–Trinajstić information content (AvgIpc) is 2.15. The maximum absolute atomic E-state index is 11.7. The van der Waals surface area contributed by atoms with Crippen molar-refractivity contribution in [3.8, 4) is 0 Å². The minimum Gasteiger partial charge on any atom is -0.352 e. The Bertz CT molecular complexity index is 246. The van der Waals surface area contributed by atoms with Crippen LogP contribution in [0.5, 0.6) is 0 Å². The van der Waals surface area contributed by atoms with Crippen LogP contribution in [0.1, 0.15) is 39.5 Å². The fourth-order valence-electron chi connectivity index (χ4n) is 1.51. The topological polar surface area (TPSA) is 29.1 Å². The van der Waals surface area contributed by atoms with Gasteiger partial charge in [-0.1, -0.05) is 29.8 Å². The van der Waals surface area contributed by atoms with Gasteiger partial charge in [-0.05, 0) is 31.6 Å². The number of nitrogens with one attached hydrogen (secondary N) is 1. The summed E-state index contributed by atoms with van der Waals surface area (Å²) in [6.07, 6.45) is 4.27. The summed E-state index contributed by atoms with van der Waals surface area (Å²) in [5, 5.41) is 2.96. The zero-order chi connectivity index (χ0) is 10.6. The van der Waals surface area contributed by atoms with Crippen molar-refractivity contribution in [3.63, 3.8) is 0 Å². The molecule has 0 saturated carbocycles. The molecule has 1 N–H and O–H groups in total. The molecule has 0 atom stereocenters. The van der Waals surface area contributed by atoms with Gasteiger partial charge in [0, 0.05) is 16.6 Å². The maximum atomic E-state index is 11.7. The van der Waals surface area contributed by atoms with E-state index in [1.165, 1.54) is 6.42 Å². The van der Waals surface area contributed by atoms with Crippen LogP contribution in [0.4, 0.5) is 0 Å². The van der Waals surface area contributed by atoms with Crippen molar-refractivity contribution < 1.29 is 4.79 Å². The van der Waals surface area contributed by atoms with E-state index in [-0.39, 0.29) is 5.91 Å². The predicted octanol–water partition coefficient (Wildman–Crippen LogP) is 2.98. The normalized spacial score (nSPS) is 17.4. The third-order valence-electron chi connectivity index (χ3n) is 2.35. The number of amides is 1. The molecule has 0 heterocycles. The zero-order valence-electron chi connectivity index (χ0n) is 8.90. The average molecular weight is 260 g/mol. The Morgan fingerprint density at radius 3 is 2.64 bits per heavy atom. The van der Waals surface area contributed by atoms with Gasteiger partial charge in [-0.25, -0.2) is 0 Å². The molecule has 0 aliphatic heterocycles. The summed E-state index contributed by atoms with van der Waals surface area (Å²) in [5.41, 5.74) is 0.955. The van der Waals surface area contributed by atoms with Crippen LogP contribution in [-0.2, 0) is 4.79 Å². The minimum atomic E-state index is 0.116. The Morgan fingerprint density at radius 2 is 2.07 bits per heavy atom. The second-order valence-electron chi connectivity index (χ2n) is 4.19. The van der Waals surface area contributed by atoms with Gasteiger partial charge in [0.15, 0.2) is 0 Å². The Morgan fingerprint density at radius 1 is 1.43 bits per heavy atom. The first-order chi connectivity index (χ1) is 6.61. The fourth-order valence-corrected chi connectivity index (χ4v) is 2.17. The van der Waals surface area contributed by atoms with Crippen LogP contribution < -0.4 is 5.32 Å². The van der Waals surface area contributed by atoms with E-state index >= 15 is 0 Å². The zero-order valence-corrected chi connectivity index (χ0v) is 10.5. The summed E-state index contributed by atoms with van der Waals surface area (Å²) in [6, 6.07) is 0. The quantitative estimate of drug-likeness (QED) is 0.830. The highest BCUT2D eigenvalue weighted by Crippen LogP contribution is 2.28. The number of hydrogen-bond acceptors (Lipinski definition) is 1. The molecule has 2 nitrogen and oxygen atoms in total. The fraction of sp³-hybridized carbons (Fsp3) is 0.727. The first-order valence-corrected chi connectivity index (χ1v) is 6.06. The van der Waals surface area contributed by atoms with E-state index in [4.69, 9.17) is 0 Å². The van der Waals surface area contributed by atoms with Crippen LogP contribution >= 0.6 is 15.9 Å². The molecular formula is C11H18BrNO. The lowest BCUT2D eigenvalue weighted by Crippen LogP contribution is -2.29. The van der Waals surface area contributed by atoms with E-state index in [0.29, 0.717) is 5.92 Å². The van der Waals surface area contributed by atoms with Gasteiger partial charge >= 0.3 is 0 Å². The lowest BCUT2D eigenvalue weighted by atomic mass is 9.99. The summed E-state index contributed by atoms with van der Waals surface area (Å²) in [7, 11) is 0. The van der Waals surface area contributed by atoms with Gasteiger partial charge in [0.25, 0.3) is 0 Å². The summed E-state index contributed by atoms with van der Waals surface area (Å²) in [6.45, 7) is 4.97. The Hall–Kier alpha value is -0.310. The highest BCUT2D eigenvalue weighted by molar-refractivity contribution is 9.11. The summed E-state index contributed by atoms with van der Waals surface area (Å²) >= 11 is 3.48.